The summed E-state index contributed by atoms with van der Waals surface area (Å²) in [4.78, 5) is 17.3. The predicted molar refractivity (Wildman–Crippen MR) is 123 cm³/mol. The molecule has 7 nitrogen and oxygen atoms in total. The Morgan fingerprint density at radius 3 is 2.55 bits per heavy atom. The molecule has 0 saturated carbocycles. The predicted octanol–water partition coefficient (Wildman–Crippen LogP) is 3.31. The Kier molecular flexibility index (Phi) is 7.40. The molecule has 166 valence electrons. The molecule has 2 aliphatic heterocycles. The van der Waals surface area contributed by atoms with Crippen LogP contribution in [0.5, 0.6) is 0 Å². The third kappa shape index (κ3) is 5.55. The van der Waals surface area contributed by atoms with E-state index < -0.39 is 0 Å². The first kappa shape index (κ1) is 21.6. The van der Waals surface area contributed by atoms with E-state index in [1.54, 1.807) is 0 Å². The van der Waals surface area contributed by atoms with Gasteiger partial charge in [-0.2, -0.15) is 0 Å². The Balaban J connectivity index is 1.40. The average Bonchev–Trinajstić information content (AvgIpc) is 3.35. The van der Waals surface area contributed by atoms with Gasteiger partial charge in [0.2, 0.25) is 0 Å². The van der Waals surface area contributed by atoms with Gasteiger partial charge in [0, 0.05) is 50.9 Å². The van der Waals surface area contributed by atoms with Crippen molar-refractivity contribution in [1.82, 2.24) is 10.2 Å². The molecule has 2 aromatic carbocycles. The van der Waals surface area contributed by atoms with Crippen LogP contribution in [-0.2, 0) is 9.47 Å². The number of nitrogens with one attached hydrogen (secondary N) is 2. The van der Waals surface area contributed by atoms with E-state index in [9.17, 15) is 4.79 Å². The van der Waals surface area contributed by atoms with E-state index >= 15 is 0 Å². The van der Waals surface area contributed by atoms with E-state index in [0.717, 1.165) is 63.0 Å². The van der Waals surface area contributed by atoms with Gasteiger partial charge in [0.25, 0.3) is 0 Å². The van der Waals surface area contributed by atoms with Gasteiger partial charge in [-0.3, -0.25) is 4.90 Å². The van der Waals surface area contributed by atoms with Crippen LogP contribution in [-0.4, -0.2) is 70.1 Å². The normalized spacial score (nSPS) is 20.2. The number of morpholine rings is 1. The highest BCUT2D eigenvalue weighted by atomic mass is 16.5. The summed E-state index contributed by atoms with van der Waals surface area (Å²) >= 11 is 0. The lowest BCUT2D eigenvalue weighted by molar-refractivity contribution is 0.00222. The minimum atomic E-state index is -0.189. The lowest BCUT2D eigenvalue weighted by atomic mass is 9.97. The van der Waals surface area contributed by atoms with Crippen molar-refractivity contribution in [3.63, 3.8) is 0 Å². The zero-order chi connectivity index (χ0) is 21.5. The minimum Gasteiger partial charge on any atom is -0.381 e. The molecule has 0 bridgehead atoms. The molecule has 0 aliphatic carbocycles. The highest BCUT2D eigenvalue weighted by molar-refractivity contribution is 5.94. The summed E-state index contributed by atoms with van der Waals surface area (Å²) in [6.45, 7) is 5.44. The lowest BCUT2D eigenvalue weighted by Gasteiger charge is -2.37. The number of nitrogens with zero attached hydrogens (tertiary/aromatic N) is 2. The number of hydrogen-bond acceptors (Lipinski definition) is 5. The molecule has 2 atom stereocenters. The molecular formula is C24H32N4O3. The van der Waals surface area contributed by atoms with Gasteiger partial charge in [-0.25, -0.2) is 4.79 Å². The van der Waals surface area contributed by atoms with Gasteiger partial charge in [-0.1, -0.05) is 30.3 Å². The van der Waals surface area contributed by atoms with E-state index in [4.69, 9.17) is 9.47 Å². The van der Waals surface area contributed by atoms with Crippen molar-refractivity contribution in [1.29, 1.82) is 0 Å². The molecule has 31 heavy (non-hydrogen) atoms. The number of para-hydroxylation sites is 3. The van der Waals surface area contributed by atoms with Gasteiger partial charge < -0.3 is 25.0 Å². The number of rotatable bonds is 7. The van der Waals surface area contributed by atoms with Crippen molar-refractivity contribution in [3.8, 4) is 0 Å². The lowest BCUT2D eigenvalue weighted by Crippen LogP contribution is -2.52. The first-order chi connectivity index (χ1) is 15.2. The van der Waals surface area contributed by atoms with Crippen LogP contribution in [0.15, 0.2) is 54.6 Å². The van der Waals surface area contributed by atoms with E-state index in [-0.39, 0.29) is 12.1 Å². The molecule has 2 saturated heterocycles. The van der Waals surface area contributed by atoms with Crippen molar-refractivity contribution in [2.45, 2.75) is 12.5 Å². The van der Waals surface area contributed by atoms with Gasteiger partial charge in [0.1, 0.15) is 0 Å². The number of carbonyl (C=O) groups excluding carboxylic acids is 1. The van der Waals surface area contributed by atoms with Gasteiger partial charge in [-0.05, 0) is 30.7 Å². The fourth-order valence-corrected chi connectivity index (χ4v) is 4.39. The summed E-state index contributed by atoms with van der Waals surface area (Å²) in [5.41, 5.74) is 2.78. The van der Waals surface area contributed by atoms with Crippen molar-refractivity contribution in [3.05, 3.63) is 54.6 Å². The minimum absolute atomic E-state index is 0.189. The van der Waals surface area contributed by atoms with Crippen molar-refractivity contribution in [2.24, 2.45) is 5.92 Å². The molecule has 0 radical (unpaired) electrons. The van der Waals surface area contributed by atoms with Crippen LogP contribution >= 0.6 is 0 Å². The summed E-state index contributed by atoms with van der Waals surface area (Å²) in [6, 6.07) is 18.0. The number of amides is 2. The summed E-state index contributed by atoms with van der Waals surface area (Å²) in [6.07, 6.45) is 1.04. The second-order valence-electron chi connectivity index (χ2n) is 8.09. The fraction of sp³-hybridized carbons (Fsp3) is 0.458. The zero-order valence-electron chi connectivity index (χ0n) is 18.1. The highest BCUT2D eigenvalue weighted by Crippen LogP contribution is 2.30. The van der Waals surface area contributed by atoms with Crippen LogP contribution in [0.1, 0.15) is 6.42 Å². The molecule has 2 N–H and O–H groups in total. The van der Waals surface area contributed by atoms with E-state index in [2.05, 4.69) is 20.4 Å². The first-order valence-electron chi connectivity index (χ1n) is 11.0. The Hall–Kier alpha value is -2.61. The maximum absolute atomic E-state index is 12.8. The van der Waals surface area contributed by atoms with E-state index in [1.807, 2.05) is 61.6 Å². The smallest absolute Gasteiger partial charge is 0.319 e. The number of hydrogen-bond donors (Lipinski definition) is 2. The number of carbonyl (C=O) groups is 1. The number of anilines is 3. The van der Waals surface area contributed by atoms with E-state index in [1.165, 1.54) is 0 Å². The second-order valence-corrected chi connectivity index (χ2v) is 8.09. The molecule has 2 fully saturated rings. The first-order valence-corrected chi connectivity index (χ1v) is 11.0. The molecule has 2 amide bonds. The standard InChI is InChI=1S/C24H32N4O3/c1-27(20-7-3-2-4-8-20)22-10-6-5-9-21(22)26-24(29)25-17-23(19-11-14-31-18-19)28-12-15-30-16-13-28/h2-10,19,23H,11-18H2,1H3,(H2,25,26,29)/t19-,23+/m1/s1. The van der Waals surface area contributed by atoms with Gasteiger partial charge in [0.15, 0.2) is 0 Å². The van der Waals surface area contributed by atoms with Crippen LogP contribution in [0.2, 0.25) is 0 Å². The summed E-state index contributed by atoms with van der Waals surface area (Å²) < 4.78 is 11.1. The van der Waals surface area contributed by atoms with Crippen molar-refractivity contribution in [2.75, 3.05) is 63.3 Å². The summed E-state index contributed by atoms with van der Waals surface area (Å²) in [5.74, 6) is 0.440. The van der Waals surface area contributed by atoms with Crippen LogP contribution in [0, 0.1) is 5.92 Å². The Morgan fingerprint density at radius 2 is 1.81 bits per heavy atom. The number of benzene rings is 2. The molecule has 0 unspecified atom stereocenters. The Morgan fingerprint density at radius 1 is 1.06 bits per heavy atom. The molecule has 0 spiro atoms. The third-order valence-electron chi connectivity index (χ3n) is 6.15. The molecule has 4 rings (SSSR count). The van der Waals surface area contributed by atoms with Gasteiger partial charge in [0.05, 0.1) is 31.2 Å². The molecule has 2 aliphatic rings. The maximum atomic E-state index is 12.8. The topological polar surface area (TPSA) is 66.1 Å². The summed E-state index contributed by atoms with van der Waals surface area (Å²) in [5, 5.41) is 6.15. The summed E-state index contributed by atoms with van der Waals surface area (Å²) in [7, 11) is 2.00. The maximum Gasteiger partial charge on any atom is 0.319 e. The van der Waals surface area contributed by atoms with Crippen LogP contribution in [0.3, 0.4) is 0 Å². The molecular weight excluding hydrogens is 392 g/mol. The second kappa shape index (κ2) is 10.6. The monoisotopic (exact) mass is 424 g/mol. The quantitative estimate of drug-likeness (QED) is 0.714. The molecule has 0 aromatic heterocycles. The zero-order valence-corrected chi connectivity index (χ0v) is 18.1. The van der Waals surface area contributed by atoms with Crippen molar-refractivity contribution < 1.29 is 14.3 Å². The average molecular weight is 425 g/mol. The Labute approximate surface area is 184 Å². The highest BCUT2D eigenvalue weighted by Gasteiger charge is 2.31. The Bertz CT molecular complexity index is 836. The van der Waals surface area contributed by atoms with Gasteiger partial charge in [-0.15, -0.1) is 0 Å². The van der Waals surface area contributed by atoms with Crippen molar-refractivity contribution >= 4 is 23.1 Å². The molecule has 2 aromatic rings. The van der Waals surface area contributed by atoms with Crippen LogP contribution in [0.4, 0.5) is 21.9 Å². The molecule has 7 heteroatoms. The van der Waals surface area contributed by atoms with Gasteiger partial charge >= 0.3 is 6.03 Å². The van der Waals surface area contributed by atoms with Crippen LogP contribution < -0.4 is 15.5 Å². The molecule has 2 heterocycles. The number of ether oxygens (including phenoxy) is 2. The largest absolute Gasteiger partial charge is 0.381 e. The van der Waals surface area contributed by atoms with Crippen LogP contribution in [0.25, 0.3) is 0 Å². The van der Waals surface area contributed by atoms with E-state index in [0.29, 0.717) is 12.5 Å². The third-order valence-corrected chi connectivity index (χ3v) is 6.15. The fourth-order valence-electron chi connectivity index (χ4n) is 4.39. The number of urea groups is 1. The SMILES string of the molecule is CN(c1ccccc1)c1ccccc1NC(=O)NC[C@@H]([C@@H]1CCOC1)N1CCOCC1.